The molecule has 0 aromatic heterocycles. The van der Waals surface area contributed by atoms with Crippen molar-refractivity contribution in [2.24, 2.45) is 0 Å². The molecule has 1 saturated heterocycles. The Bertz CT molecular complexity index is 968. The van der Waals surface area contributed by atoms with Gasteiger partial charge in [0.25, 0.3) is 0 Å². The number of rotatable bonds is 6. The first kappa shape index (κ1) is 23.1. The molecule has 3 aromatic rings. The fraction of sp³-hybridized carbons (Fsp3) is 0.231. The zero-order chi connectivity index (χ0) is 20.8. The van der Waals surface area contributed by atoms with Crippen molar-refractivity contribution in [2.75, 3.05) is 32.7 Å². The molecular formula is C26H27ClF2N2. The van der Waals surface area contributed by atoms with Crippen LogP contribution in [0.3, 0.4) is 0 Å². The van der Waals surface area contributed by atoms with E-state index in [4.69, 9.17) is 0 Å². The molecule has 5 heteroatoms. The van der Waals surface area contributed by atoms with E-state index in [-0.39, 0.29) is 30.1 Å². The zero-order valence-corrected chi connectivity index (χ0v) is 18.1. The largest absolute Gasteiger partial charge is 0.297 e. The van der Waals surface area contributed by atoms with E-state index in [1.165, 1.54) is 23.8 Å². The van der Waals surface area contributed by atoms with Crippen molar-refractivity contribution in [1.29, 1.82) is 0 Å². The predicted molar refractivity (Wildman–Crippen MR) is 125 cm³/mol. The summed E-state index contributed by atoms with van der Waals surface area (Å²) in [5.41, 5.74) is 2.76. The molecule has 1 fully saturated rings. The summed E-state index contributed by atoms with van der Waals surface area (Å²) >= 11 is 0. The molecule has 3 aromatic carbocycles. The van der Waals surface area contributed by atoms with E-state index in [1.54, 1.807) is 18.2 Å². The highest BCUT2D eigenvalue weighted by Gasteiger charge is 2.27. The van der Waals surface area contributed by atoms with E-state index in [9.17, 15) is 8.78 Å². The second kappa shape index (κ2) is 11.2. The highest BCUT2D eigenvalue weighted by atomic mass is 35.5. The lowest BCUT2D eigenvalue weighted by molar-refractivity contribution is 0.116. The van der Waals surface area contributed by atoms with Crippen molar-refractivity contribution >= 4 is 18.5 Å². The molecule has 4 rings (SSSR count). The standard InChI is InChI=1S/C26H26F2N2.ClH/c27-23-14-12-22(13-15-23)26(24-10-4-5-11-25(24)28)30-19-17-29(18-20-30)16-6-9-21-7-2-1-3-8-21;/h1-15,26H,16-20H2;1H/b9-6+;. The van der Waals surface area contributed by atoms with Crippen LogP contribution in [-0.2, 0) is 0 Å². The maximum atomic E-state index is 14.6. The summed E-state index contributed by atoms with van der Waals surface area (Å²) in [6, 6.07) is 23.4. The van der Waals surface area contributed by atoms with Gasteiger partial charge in [0.2, 0.25) is 0 Å². The van der Waals surface area contributed by atoms with Crippen LogP contribution < -0.4 is 0 Å². The lowest BCUT2D eigenvalue weighted by atomic mass is 9.96. The highest BCUT2D eigenvalue weighted by molar-refractivity contribution is 5.85. The van der Waals surface area contributed by atoms with Gasteiger partial charge in [-0.1, -0.05) is 72.8 Å². The van der Waals surface area contributed by atoms with E-state index in [1.807, 2.05) is 30.3 Å². The Kier molecular flexibility index (Phi) is 8.35. The first-order valence-corrected chi connectivity index (χ1v) is 10.4. The van der Waals surface area contributed by atoms with E-state index in [0.29, 0.717) is 5.56 Å². The van der Waals surface area contributed by atoms with Gasteiger partial charge in [0, 0.05) is 38.3 Å². The molecule has 0 radical (unpaired) electrons. The SMILES string of the molecule is Cl.Fc1ccc(C(c2ccccc2F)N2CCN(C/C=C/c3ccccc3)CC2)cc1. The second-order valence-electron chi connectivity index (χ2n) is 7.63. The summed E-state index contributed by atoms with van der Waals surface area (Å²) in [4.78, 5) is 4.70. The Morgan fingerprint density at radius 3 is 2.10 bits per heavy atom. The van der Waals surface area contributed by atoms with Crippen molar-refractivity contribution in [3.8, 4) is 0 Å². The summed E-state index contributed by atoms with van der Waals surface area (Å²) in [5, 5.41) is 0. The third-order valence-corrected chi connectivity index (χ3v) is 5.63. The summed E-state index contributed by atoms with van der Waals surface area (Å²) in [6.07, 6.45) is 4.34. The van der Waals surface area contributed by atoms with Gasteiger partial charge in [0.05, 0.1) is 6.04 Å². The van der Waals surface area contributed by atoms with Crippen LogP contribution in [0.4, 0.5) is 8.78 Å². The number of hydrogen-bond donors (Lipinski definition) is 0. The lowest BCUT2D eigenvalue weighted by Crippen LogP contribution is -2.47. The van der Waals surface area contributed by atoms with Crippen LogP contribution >= 0.6 is 12.4 Å². The number of piperazine rings is 1. The topological polar surface area (TPSA) is 6.48 Å². The Morgan fingerprint density at radius 2 is 1.42 bits per heavy atom. The highest BCUT2D eigenvalue weighted by Crippen LogP contribution is 2.31. The van der Waals surface area contributed by atoms with E-state index >= 15 is 0 Å². The van der Waals surface area contributed by atoms with Gasteiger partial charge < -0.3 is 0 Å². The first-order valence-electron chi connectivity index (χ1n) is 10.4. The van der Waals surface area contributed by atoms with E-state index in [2.05, 4.69) is 34.1 Å². The van der Waals surface area contributed by atoms with Gasteiger partial charge in [-0.2, -0.15) is 0 Å². The van der Waals surface area contributed by atoms with Gasteiger partial charge >= 0.3 is 0 Å². The van der Waals surface area contributed by atoms with Crippen LogP contribution in [0.15, 0.2) is 84.9 Å². The van der Waals surface area contributed by atoms with Crippen LogP contribution in [0.1, 0.15) is 22.7 Å². The molecule has 2 nitrogen and oxygen atoms in total. The van der Waals surface area contributed by atoms with Crippen LogP contribution in [0.25, 0.3) is 6.08 Å². The fourth-order valence-electron chi connectivity index (χ4n) is 4.04. The monoisotopic (exact) mass is 440 g/mol. The van der Waals surface area contributed by atoms with Crippen molar-refractivity contribution in [3.05, 3.63) is 113 Å². The van der Waals surface area contributed by atoms with Gasteiger partial charge in [0.15, 0.2) is 0 Å². The molecule has 162 valence electrons. The Labute approximate surface area is 189 Å². The lowest BCUT2D eigenvalue weighted by Gasteiger charge is -2.39. The van der Waals surface area contributed by atoms with Crippen LogP contribution in [0, 0.1) is 11.6 Å². The number of benzene rings is 3. The molecule has 1 aliphatic heterocycles. The summed E-state index contributed by atoms with van der Waals surface area (Å²) in [5.74, 6) is -0.499. The predicted octanol–water partition coefficient (Wildman–Crippen LogP) is 5.81. The van der Waals surface area contributed by atoms with Crippen molar-refractivity contribution in [1.82, 2.24) is 9.80 Å². The molecule has 1 atom stereocenters. The molecular weight excluding hydrogens is 414 g/mol. The minimum Gasteiger partial charge on any atom is -0.297 e. The Hall–Kier alpha value is -2.53. The molecule has 0 aliphatic carbocycles. The molecule has 31 heavy (non-hydrogen) atoms. The van der Waals surface area contributed by atoms with E-state index < -0.39 is 0 Å². The van der Waals surface area contributed by atoms with Crippen LogP contribution in [-0.4, -0.2) is 42.5 Å². The molecule has 1 aliphatic rings. The van der Waals surface area contributed by atoms with Crippen molar-refractivity contribution in [2.45, 2.75) is 6.04 Å². The normalized spacial score (nSPS) is 16.2. The van der Waals surface area contributed by atoms with Gasteiger partial charge in [-0.05, 0) is 29.3 Å². The molecule has 0 N–H and O–H groups in total. The minimum atomic E-state index is -0.277. The average molecular weight is 441 g/mol. The third-order valence-electron chi connectivity index (χ3n) is 5.63. The Balaban J connectivity index is 0.00000272. The maximum Gasteiger partial charge on any atom is 0.128 e. The molecule has 1 heterocycles. The van der Waals surface area contributed by atoms with E-state index in [0.717, 1.165) is 38.3 Å². The van der Waals surface area contributed by atoms with Gasteiger partial charge in [-0.25, -0.2) is 8.78 Å². The van der Waals surface area contributed by atoms with Crippen LogP contribution in [0.5, 0.6) is 0 Å². The molecule has 0 bridgehead atoms. The first-order chi connectivity index (χ1) is 14.7. The van der Waals surface area contributed by atoms with Gasteiger partial charge in [-0.15, -0.1) is 12.4 Å². The quantitative estimate of drug-likeness (QED) is 0.477. The molecule has 0 saturated carbocycles. The van der Waals surface area contributed by atoms with Crippen LogP contribution in [0.2, 0.25) is 0 Å². The van der Waals surface area contributed by atoms with Crippen molar-refractivity contribution < 1.29 is 8.78 Å². The Morgan fingerprint density at radius 1 is 0.774 bits per heavy atom. The number of hydrogen-bond acceptors (Lipinski definition) is 2. The number of nitrogens with zero attached hydrogens (tertiary/aromatic N) is 2. The molecule has 0 amide bonds. The van der Waals surface area contributed by atoms with Crippen molar-refractivity contribution in [3.63, 3.8) is 0 Å². The second-order valence-corrected chi connectivity index (χ2v) is 7.63. The third kappa shape index (κ3) is 6.01. The summed E-state index contributed by atoms with van der Waals surface area (Å²) in [7, 11) is 0. The minimum absolute atomic E-state index is 0. The molecule has 0 spiro atoms. The average Bonchev–Trinajstić information content (AvgIpc) is 2.78. The fourth-order valence-corrected chi connectivity index (χ4v) is 4.04. The number of halogens is 3. The van der Waals surface area contributed by atoms with Gasteiger partial charge in [-0.3, -0.25) is 9.80 Å². The van der Waals surface area contributed by atoms with Gasteiger partial charge in [0.1, 0.15) is 11.6 Å². The summed E-state index contributed by atoms with van der Waals surface area (Å²) in [6.45, 7) is 4.37. The smallest absolute Gasteiger partial charge is 0.128 e. The zero-order valence-electron chi connectivity index (χ0n) is 17.3. The summed E-state index contributed by atoms with van der Waals surface area (Å²) < 4.78 is 28.1. The maximum absolute atomic E-state index is 14.6. The molecule has 1 unspecified atom stereocenters.